The molecule has 0 bridgehead atoms. The van der Waals surface area contributed by atoms with Crippen LogP contribution in [0.1, 0.15) is 16.1 Å². The van der Waals surface area contributed by atoms with E-state index in [2.05, 4.69) is 5.32 Å². The van der Waals surface area contributed by atoms with Crippen molar-refractivity contribution in [2.75, 3.05) is 5.32 Å². The van der Waals surface area contributed by atoms with E-state index < -0.39 is 0 Å². The molecule has 4 nitrogen and oxygen atoms in total. The number of benzene rings is 2. The topological polar surface area (TPSA) is 59.3 Å². The van der Waals surface area contributed by atoms with E-state index in [0.717, 1.165) is 16.6 Å². The molecule has 1 aromatic heterocycles. The van der Waals surface area contributed by atoms with Gasteiger partial charge in [0.15, 0.2) is 5.76 Å². The highest BCUT2D eigenvalue weighted by Gasteiger charge is 2.25. The number of fused-ring (bicyclic) bond motifs is 2. The van der Waals surface area contributed by atoms with Gasteiger partial charge in [-0.2, -0.15) is 0 Å². The van der Waals surface area contributed by atoms with E-state index in [1.807, 2.05) is 36.4 Å². The number of carbonyl (C=O) groups is 2. The highest BCUT2D eigenvalue weighted by Crippen LogP contribution is 2.31. The second-order valence-corrected chi connectivity index (χ2v) is 5.07. The Balaban J connectivity index is 1.76. The maximum absolute atomic E-state index is 12.4. The van der Waals surface area contributed by atoms with Gasteiger partial charge in [-0.3, -0.25) is 9.59 Å². The van der Waals surface area contributed by atoms with Gasteiger partial charge in [-0.05, 0) is 18.2 Å². The zero-order chi connectivity index (χ0) is 15.1. The molecule has 2 heterocycles. The number of allylic oxidation sites excluding steroid dienone is 1. The largest absolute Gasteiger partial charge is 0.453 e. The van der Waals surface area contributed by atoms with Gasteiger partial charge in [-0.15, -0.1) is 0 Å². The van der Waals surface area contributed by atoms with Gasteiger partial charge < -0.3 is 9.73 Å². The number of hydrogen-bond acceptors (Lipinski definition) is 3. The number of carbonyl (C=O) groups excluding carboxylic acids is 2. The van der Waals surface area contributed by atoms with Crippen molar-refractivity contribution < 1.29 is 14.0 Å². The van der Waals surface area contributed by atoms with Gasteiger partial charge in [0.25, 0.3) is 5.91 Å². The Labute approximate surface area is 126 Å². The van der Waals surface area contributed by atoms with E-state index in [1.54, 1.807) is 18.2 Å². The van der Waals surface area contributed by atoms with Gasteiger partial charge in [-0.25, -0.2) is 0 Å². The molecule has 1 aliphatic rings. The van der Waals surface area contributed by atoms with Crippen molar-refractivity contribution in [2.24, 2.45) is 0 Å². The van der Waals surface area contributed by atoms with Crippen molar-refractivity contribution >= 4 is 33.9 Å². The Kier molecular flexibility index (Phi) is 2.69. The molecule has 1 amide bonds. The minimum Gasteiger partial charge on any atom is -0.453 e. The molecular weight excluding hydrogens is 278 g/mol. The van der Waals surface area contributed by atoms with Crippen molar-refractivity contribution in [3.05, 3.63) is 72.0 Å². The summed E-state index contributed by atoms with van der Waals surface area (Å²) in [5.41, 5.74) is 2.47. The summed E-state index contributed by atoms with van der Waals surface area (Å²) < 4.78 is 5.54. The maximum atomic E-state index is 12.4. The lowest BCUT2D eigenvalue weighted by Gasteiger charge is -1.96. The summed E-state index contributed by atoms with van der Waals surface area (Å²) in [5, 5.41) is 3.60. The Hall–Kier alpha value is -3.14. The molecule has 0 saturated heterocycles. The molecular formula is C18H11NO3. The van der Waals surface area contributed by atoms with Crippen LogP contribution in [0.5, 0.6) is 0 Å². The summed E-state index contributed by atoms with van der Waals surface area (Å²) >= 11 is 0. The Morgan fingerprint density at radius 2 is 1.82 bits per heavy atom. The zero-order valence-corrected chi connectivity index (χ0v) is 11.5. The first kappa shape index (κ1) is 12.6. The standard InChI is InChI=1S/C18H11NO3/c20-15(17-9-11-5-1-4-8-16(11)22-17)10-13-12-6-2-3-7-14(12)19-18(13)21/h1-10H,(H,19,21)/b13-10+. The molecule has 4 rings (SSSR count). The molecule has 1 aliphatic heterocycles. The summed E-state index contributed by atoms with van der Waals surface area (Å²) in [6.07, 6.45) is 1.33. The van der Waals surface area contributed by atoms with Crippen molar-refractivity contribution in [1.82, 2.24) is 0 Å². The number of hydrogen-bond donors (Lipinski definition) is 1. The molecule has 0 saturated carbocycles. The summed E-state index contributed by atoms with van der Waals surface area (Å²) in [6, 6.07) is 16.4. The third-order valence-corrected chi connectivity index (χ3v) is 3.65. The van der Waals surface area contributed by atoms with Crippen LogP contribution < -0.4 is 5.32 Å². The fourth-order valence-corrected chi connectivity index (χ4v) is 2.59. The quantitative estimate of drug-likeness (QED) is 0.578. The first-order valence-electron chi connectivity index (χ1n) is 6.88. The molecule has 0 fully saturated rings. The lowest BCUT2D eigenvalue weighted by atomic mass is 10.1. The van der Waals surface area contributed by atoms with Crippen LogP contribution in [-0.4, -0.2) is 11.7 Å². The normalized spacial score (nSPS) is 15.1. The van der Waals surface area contributed by atoms with E-state index in [4.69, 9.17) is 4.42 Å². The smallest absolute Gasteiger partial charge is 0.256 e. The Morgan fingerprint density at radius 3 is 2.68 bits per heavy atom. The number of anilines is 1. The third kappa shape index (κ3) is 1.93. The predicted octanol–water partition coefficient (Wildman–Crippen LogP) is 3.65. The van der Waals surface area contributed by atoms with Gasteiger partial charge >= 0.3 is 0 Å². The van der Waals surface area contributed by atoms with E-state index in [1.165, 1.54) is 6.08 Å². The lowest BCUT2D eigenvalue weighted by Crippen LogP contribution is -2.05. The first-order valence-corrected chi connectivity index (χ1v) is 6.88. The predicted molar refractivity (Wildman–Crippen MR) is 83.6 cm³/mol. The van der Waals surface area contributed by atoms with Crippen LogP contribution >= 0.6 is 0 Å². The van der Waals surface area contributed by atoms with Gasteiger partial charge in [-0.1, -0.05) is 36.4 Å². The first-order chi connectivity index (χ1) is 10.7. The Morgan fingerprint density at radius 1 is 1.05 bits per heavy atom. The van der Waals surface area contributed by atoms with Crippen LogP contribution in [0.2, 0.25) is 0 Å². The summed E-state index contributed by atoms with van der Waals surface area (Å²) in [5.74, 6) is -0.366. The highest BCUT2D eigenvalue weighted by molar-refractivity contribution is 6.34. The van der Waals surface area contributed by atoms with E-state index in [0.29, 0.717) is 11.2 Å². The zero-order valence-electron chi connectivity index (χ0n) is 11.5. The number of nitrogens with one attached hydrogen (secondary N) is 1. The second kappa shape index (κ2) is 4.70. The molecule has 0 atom stereocenters. The van der Waals surface area contributed by atoms with Crippen LogP contribution in [0.25, 0.3) is 16.5 Å². The number of para-hydroxylation sites is 2. The molecule has 0 radical (unpaired) electrons. The molecule has 0 spiro atoms. The minimum atomic E-state index is -0.321. The maximum Gasteiger partial charge on any atom is 0.256 e. The summed E-state index contributed by atoms with van der Waals surface area (Å²) in [4.78, 5) is 24.4. The van der Waals surface area contributed by atoms with Gasteiger partial charge in [0.1, 0.15) is 5.58 Å². The SMILES string of the molecule is O=C1Nc2ccccc2/C1=C\C(=O)c1cc2ccccc2o1. The van der Waals surface area contributed by atoms with E-state index in [9.17, 15) is 9.59 Å². The average molecular weight is 289 g/mol. The molecule has 3 aromatic rings. The van der Waals surface area contributed by atoms with E-state index >= 15 is 0 Å². The molecule has 106 valence electrons. The lowest BCUT2D eigenvalue weighted by molar-refractivity contribution is -0.110. The van der Waals surface area contributed by atoms with E-state index in [-0.39, 0.29) is 17.5 Å². The fraction of sp³-hybridized carbons (Fsp3) is 0. The van der Waals surface area contributed by atoms with Crippen LogP contribution in [-0.2, 0) is 4.79 Å². The fourth-order valence-electron chi connectivity index (χ4n) is 2.59. The van der Waals surface area contributed by atoms with Crippen LogP contribution in [0.15, 0.2) is 65.1 Å². The minimum absolute atomic E-state index is 0.228. The summed E-state index contributed by atoms with van der Waals surface area (Å²) in [7, 11) is 0. The van der Waals surface area contributed by atoms with Crippen molar-refractivity contribution in [3.63, 3.8) is 0 Å². The molecule has 0 aliphatic carbocycles. The van der Waals surface area contributed by atoms with Crippen molar-refractivity contribution in [3.8, 4) is 0 Å². The van der Waals surface area contributed by atoms with Gasteiger partial charge in [0.05, 0.1) is 5.57 Å². The van der Waals surface area contributed by atoms with Crippen molar-refractivity contribution in [2.45, 2.75) is 0 Å². The average Bonchev–Trinajstić information content (AvgIpc) is 3.09. The second-order valence-electron chi connectivity index (χ2n) is 5.07. The van der Waals surface area contributed by atoms with Gasteiger partial charge in [0, 0.05) is 22.7 Å². The summed E-state index contributed by atoms with van der Waals surface area (Å²) in [6.45, 7) is 0. The van der Waals surface area contributed by atoms with Crippen LogP contribution in [0.4, 0.5) is 5.69 Å². The Bertz CT molecular complexity index is 917. The van der Waals surface area contributed by atoms with Crippen LogP contribution in [0.3, 0.4) is 0 Å². The van der Waals surface area contributed by atoms with Gasteiger partial charge in [0.2, 0.25) is 5.78 Å². The molecule has 1 N–H and O–H groups in total. The highest BCUT2D eigenvalue weighted by atomic mass is 16.3. The molecule has 22 heavy (non-hydrogen) atoms. The molecule has 2 aromatic carbocycles. The molecule has 0 unspecified atom stereocenters. The van der Waals surface area contributed by atoms with Crippen molar-refractivity contribution in [1.29, 1.82) is 0 Å². The number of ketones is 1. The van der Waals surface area contributed by atoms with Crippen LogP contribution in [0, 0.1) is 0 Å². The monoisotopic (exact) mass is 289 g/mol. The number of furan rings is 1. The third-order valence-electron chi connectivity index (χ3n) is 3.65. The number of amides is 1. The number of rotatable bonds is 2. The molecule has 4 heteroatoms.